The zero-order valence-electron chi connectivity index (χ0n) is 11.2. The lowest BCUT2D eigenvalue weighted by Gasteiger charge is -2.21. The van der Waals surface area contributed by atoms with E-state index in [1.807, 2.05) is 0 Å². The number of halogens is 3. The second-order valence-electron chi connectivity index (χ2n) is 4.71. The van der Waals surface area contributed by atoms with Gasteiger partial charge in [-0.1, -0.05) is 12.1 Å². The minimum Gasteiger partial charge on any atom is -0.271 e. The van der Waals surface area contributed by atoms with Crippen LogP contribution in [0.5, 0.6) is 0 Å². The van der Waals surface area contributed by atoms with Gasteiger partial charge in [-0.2, -0.15) is 0 Å². The molecule has 0 bridgehead atoms. The van der Waals surface area contributed by atoms with E-state index in [0.717, 1.165) is 17.7 Å². The molecule has 0 radical (unpaired) electrons. The molecule has 20 heavy (non-hydrogen) atoms. The van der Waals surface area contributed by atoms with Crippen LogP contribution in [0.3, 0.4) is 0 Å². The first kappa shape index (κ1) is 14.6. The summed E-state index contributed by atoms with van der Waals surface area (Å²) in [6, 6.07) is 5.44. The van der Waals surface area contributed by atoms with Gasteiger partial charge in [0.15, 0.2) is 0 Å². The van der Waals surface area contributed by atoms with Gasteiger partial charge in [0.05, 0.1) is 6.04 Å². The van der Waals surface area contributed by atoms with Crippen LogP contribution in [0.2, 0.25) is 0 Å². The molecule has 2 nitrogen and oxygen atoms in total. The fourth-order valence-corrected chi connectivity index (χ4v) is 2.39. The predicted molar refractivity (Wildman–Crippen MR) is 71.4 cm³/mol. The first-order valence-corrected chi connectivity index (χ1v) is 6.12. The zero-order chi connectivity index (χ0) is 14.9. The number of nitrogens with two attached hydrogens (primary N) is 1. The van der Waals surface area contributed by atoms with Crippen LogP contribution in [-0.2, 0) is 0 Å². The first-order valence-electron chi connectivity index (χ1n) is 6.12. The summed E-state index contributed by atoms with van der Waals surface area (Å²) in [7, 11) is 0. The molecule has 0 saturated heterocycles. The molecule has 0 aliphatic heterocycles. The van der Waals surface area contributed by atoms with Crippen LogP contribution in [0.25, 0.3) is 0 Å². The molecule has 0 spiro atoms. The van der Waals surface area contributed by atoms with Crippen LogP contribution in [-0.4, -0.2) is 0 Å². The van der Waals surface area contributed by atoms with E-state index in [0.29, 0.717) is 5.56 Å². The summed E-state index contributed by atoms with van der Waals surface area (Å²) in [6.07, 6.45) is 0. The molecule has 2 rings (SSSR count). The third kappa shape index (κ3) is 2.55. The lowest BCUT2D eigenvalue weighted by Crippen LogP contribution is -2.31. The van der Waals surface area contributed by atoms with E-state index in [2.05, 4.69) is 5.43 Å². The van der Waals surface area contributed by atoms with Crippen molar-refractivity contribution < 1.29 is 13.2 Å². The second-order valence-corrected chi connectivity index (χ2v) is 4.71. The van der Waals surface area contributed by atoms with E-state index in [4.69, 9.17) is 5.84 Å². The van der Waals surface area contributed by atoms with Gasteiger partial charge in [0, 0.05) is 11.1 Å². The maximum absolute atomic E-state index is 14.2. The van der Waals surface area contributed by atoms with E-state index in [1.54, 1.807) is 19.9 Å². The van der Waals surface area contributed by atoms with Crippen molar-refractivity contribution in [2.24, 2.45) is 5.84 Å². The Morgan fingerprint density at radius 3 is 2.05 bits per heavy atom. The van der Waals surface area contributed by atoms with Gasteiger partial charge >= 0.3 is 0 Å². The molecule has 1 atom stereocenters. The third-order valence-corrected chi connectivity index (χ3v) is 3.22. The van der Waals surface area contributed by atoms with Crippen molar-refractivity contribution in [1.29, 1.82) is 0 Å². The Bertz CT molecular complexity index is 598. The van der Waals surface area contributed by atoms with Crippen molar-refractivity contribution in [2.45, 2.75) is 19.9 Å². The van der Waals surface area contributed by atoms with Crippen LogP contribution in [0.4, 0.5) is 13.2 Å². The molecule has 0 saturated carbocycles. The molecule has 106 valence electrons. The standard InChI is InChI=1S/C15H15F3N2/c1-8-6-9(2)13(12(18)7-8)15(20-19)14-10(16)4-3-5-11(14)17/h3-7,15,20H,19H2,1-2H3. The van der Waals surface area contributed by atoms with Crippen LogP contribution >= 0.6 is 0 Å². The SMILES string of the molecule is Cc1cc(C)c(C(NN)c2c(F)cccc2F)c(F)c1. The van der Waals surface area contributed by atoms with E-state index >= 15 is 0 Å². The monoisotopic (exact) mass is 280 g/mol. The number of benzene rings is 2. The Morgan fingerprint density at radius 1 is 0.950 bits per heavy atom. The molecule has 0 aromatic heterocycles. The summed E-state index contributed by atoms with van der Waals surface area (Å²) in [5.41, 5.74) is 3.45. The molecular weight excluding hydrogens is 265 g/mol. The number of hydrazine groups is 1. The lowest BCUT2D eigenvalue weighted by atomic mass is 9.93. The van der Waals surface area contributed by atoms with Crippen LogP contribution in [0, 0.1) is 31.3 Å². The topological polar surface area (TPSA) is 38.0 Å². The highest BCUT2D eigenvalue weighted by molar-refractivity contribution is 5.40. The first-order chi connectivity index (χ1) is 9.45. The highest BCUT2D eigenvalue weighted by Crippen LogP contribution is 2.30. The van der Waals surface area contributed by atoms with Gasteiger partial charge in [-0.15, -0.1) is 0 Å². The van der Waals surface area contributed by atoms with Gasteiger partial charge in [-0.25, -0.2) is 18.6 Å². The minimum absolute atomic E-state index is 0.141. The van der Waals surface area contributed by atoms with Crippen LogP contribution in [0.1, 0.15) is 28.3 Å². The smallest absolute Gasteiger partial charge is 0.131 e. The summed E-state index contributed by atoms with van der Waals surface area (Å²) < 4.78 is 41.9. The molecule has 5 heteroatoms. The predicted octanol–water partition coefficient (Wildman–Crippen LogP) is 3.27. The van der Waals surface area contributed by atoms with Gasteiger partial charge in [0.1, 0.15) is 17.5 Å². The van der Waals surface area contributed by atoms with Gasteiger partial charge < -0.3 is 0 Å². The van der Waals surface area contributed by atoms with Crippen LogP contribution in [0.15, 0.2) is 30.3 Å². The number of aryl methyl sites for hydroxylation is 2. The van der Waals surface area contributed by atoms with Crippen molar-refractivity contribution in [3.8, 4) is 0 Å². The summed E-state index contributed by atoms with van der Waals surface area (Å²) in [6.45, 7) is 3.42. The lowest BCUT2D eigenvalue weighted by molar-refractivity contribution is 0.493. The molecule has 0 aliphatic carbocycles. The Labute approximate surface area is 115 Å². The largest absolute Gasteiger partial charge is 0.271 e. The molecule has 0 fully saturated rings. The molecule has 3 N–H and O–H groups in total. The van der Waals surface area contributed by atoms with Crippen molar-refractivity contribution in [2.75, 3.05) is 0 Å². The van der Waals surface area contributed by atoms with Gasteiger partial charge in [-0.05, 0) is 43.2 Å². The van der Waals surface area contributed by atoms with Crippen molar-refractivity contribution in [1.82, 2.24) is 5.43 Å². The highest BCUT2D eigenvalue weighted by Gasteiger charge is 2.25. The minimum atomic E-state index is -1.09. The Balaban J connectivity index is 2.65. The summed E-state index contributed by atoms with van der Waals surface area (Å²) in [4.78, 5) is 0. The van der Waals surface area contributed by atoms with Gasteiger partial charge in [0.2, 0.25) is 0 Å². The number of hydrogen-bond donors (Lipinski definition) is 2. The van der Waals surface area contributed by atoms with Crippen molar-refractivity contribution >= 4 is 0 Å². The molecule has 0 aliphatic rings. The van der Waals surface area contributed by atoms with Crippen molar-refractivity contribution in [3.05, 3.63) is 70.0 Å². The molecule has 1 unspecified atom stereocenters. The van der Waals surface area contributed by atoms with Crippen LogP contribution < -0.4 is 11.3 Å². The molecule has 2 aromatic carbocycles. The average Bonchev–Trinajstić information content (AvgIpc) is 2.35. The average molecular weight is 280 g/mol. The quantitative estimate of drug-likeness (QED) is 0.669. The molecule has 2 aromatic rings. The van der Waals surface area contributed by atoms with Crippen molar-refractivity contribution in [3.63, 3.8) is 0 Å². The van der Waals surface area contributed by atoms with Gasteiger partial charge in [0.25, 0.3) is 0 Å². The molecule has 0 heterocycles. The number of nitrogens with one attached hydrogen (secondary N) is 1. The summed E-state index contributed by atoms with van der Waals surface area (Å²) in [5, 5.41) is 0. The zero-order valence-corrected chi connectivity index (χ0v) is 11.2. The Hall–Kier alpha value is -1.85. The summed E-state index contributed by atoms with van der Waals surface area (Å²) in [5.74, 6) is 3.31. The van der Waals surface area contributed by atoms with E-state index in [9.17, 15) is 13.2 Å². The number of rotatable bonds is 3. The third-order valence-electron chi connectivity index (χ3n) is 3.22. The molecular formula is C15H15F3N2. The Morgan fingerprint density at radius 2 is 1.55 bits per heavy atom. The fraction of sp³-hybridized carbons (Fsp3) is 0.200. The maximum atomic E-state index is 14.2. The Kier molecular flexibility index (Phi) is 4.11. The fourth-order valence-electron chi connectivity index (χ4n) is 2.39. The van der Waals surface area contributed by atoms with E-state index in [1.165, 1.54) is 12.1 Å². The van der Waals surface area contributed by atoms with E-state index in [-0.39, 0.29) is 11.1 Å². The molecule has 0 amide bonds. The summed E-state index contributed by atoms with van der Waals surface area (Å²) >= 11 is 0. The maximum Gasteiger partial charge on any atom is 0.131 e. The normalized spacial score (nSPS) is 12.5. The van der Waals surface area contributed by atoms with Gasteiger partial charge in [-0.3, -0.25) is 5.84 Å². The second kappa shape index (κ2) is 5.64. The van der Waals surface area contributed by atoms with E-state index < -0.39 is 23.5 Å². The highest BCUT2D eigenvalue weighted by atomic mass is 19.1. The number of hydrogen-bond acceptors (Lipinski definition) is 2.